The van der Waals surface area contributed by atoms with Crippen molar-refractivity contribution in [1.82, 2.24) is 9.97 Å². The Morgan fingerprint density at radius 2 is 2.27 bits per heavy atom. The summed E-state index contributed by atoms with van der Waals surface area (Å²) in [7, 11) is 1.69. The molecule has 84 valence electrons. The van der Waals surface area contributed by atoms with Crippen molar-refractivity contribution in [2.75, 3.05) is 30.8 Å². The smallest absolute Gasteiger partial charge is 0.224 e. The van der Waals surface area contributed by atoms with Crippen LogP contribution >= 0.6 is 0 Å². The van der Waals surface area contributed by atoms with Crippen LogP contribution in [0.5, 0.6) is 0 Å². The molecule has 0 saturated carbocycles. The summed E-state index contributed by atoms with van der Waals surface area (Å²) >= 11 is 0. The van der Waals surface area contributed by atoms with Gasteiger partial charge in [-0.05, 0) is 19.9 Å². The van der Waals surface area contributed by atoms with Gasteiger partial charge in [-0.15, -0.1) is 0 Å². The second-order valence-electron chi connectivity index (χ2n) is 3.22. The first-order valence-electron chi connectivity index (χ1n) is 5.09. The molecule has 1 unspecified atom stereocenters. The highest BCUT2D eigenvalue weighted by molar-refractivity contribution is 5.39. The largest absolute Gasteiger partial charge is 0.380 e. The molecular formula is C10H18N4O. The standard InChI is InChI=1S/C10H18N4O/c1-4-11-10-12-6-5-9(14-10)13-7-8(2)15-3/h5-6,8H,4,7H2,1-3H3,(H2,11,12,13,14). The summed E-state index contributed by atoms with van der Waals surface area (Å²) in [6.45, 7) is 5.56. The minimum atomic E-state index is 0.169. The molecule has 5 nitrogen and oxygen atoms in total. The second kappa shape index (κ2) is 6.19. The summed E-state index contributed by atoms with van der Waals surface area (Å²) in [5, 5.41) is 6.23. The van der Waals surface area contributed by atoms with E-state index in [1.807, 2.05) is 19.9 Å². The summed E-state index contributed by atoms with van der Waals surface area (Å²) in [6, 6.07) is 1.84. The SMILES string of the molecule is CCNc1nccc(NCC(C)OC)n1. The number of nitrogens with zero attached hydrogens (tertiary/aromatic N) is 2. The molecule has 0 fully saturated rings. The van der Waals surface area contributed by atoms with Crippen LogP contribution in [0, 0.1) is 0 Å². The third kappa shape index (κ3) is 4.12. The van der Waals surface area contributed by atoms with Gasteiger partial charge in [-0.1, -0.05) is 0 Å². The third-order valence-corrected chi connectivity index (χ3v) is 1.96. The van der Waals surface area contributed by atoms with E-state index in [1.165, 1.54) is 0 Å². The van der Waals surface area contributed by atoms with E-state index in [9.17, 15) is 0 Å². The Labute approximate surface area is 90.3 Å². The molecule has 15 heavy (non-hydrogen) atoms. The van der Waals surface area contributed by atoms with E-state index in [0.29, 0.717) is 5.95 Å². The first kappa shape index (κ1) is 11.7. The van der Waals surface area contributed by atoms with Gasteiger partial charge in [0, 0.05) is 26.4 Å². The molecule has 0 spiro atoms. The minimum Gasteiger partial charge on any atom is -0.380 e. The molecule has 0 aliphatic heterocycles. The fourth-order valence-corrected chi connectivity index (χ4v) is 1.03. The van der Waals surface area contributed by atoms with E-state index in [4.69, 9.17) is 4.74 Å². The molecule has 0 saturated heterocycles. The van der Waals surface area contributed by atoms with Crippen molar-refractivity contribution in [2.24, 2.45) is 0 Å². The number of ether oxygens (including phenoxy) is 1. The molecule has 1 aromatic heterocycles. The summed E-state index contributed by atoms with van der Waals surface area (Å²) in [5.41, 5.74) is 0. The molecule has 0 aliphatic rings. The van der Waals surface area contributed by atoms with Crippen LogP contribution in [0.25, 0.3) is 0 Å². The van der Waals surface area contributed by atoms with Gasteiger partial charge in [0.05, 0.1) is 6.10 Å². The normalized spacial score (nSPS) is 12.2. The summed E-state index contributed by atoms with van der Waals surface area (Å²) < 4.78 is 5.13. The van der Waals surface area contributed by atoms with Crippen molar-refractivity contribution < 1.29 is 4.74 Å². The lowest BCUT2D eigenvalue weighted by Gasteiger charge is -2.11. The Hall–Kier alpha value is -1.36. The van der Waals surface area contributed by atoms with Crippen LogP contribution in [0.1, 0.15) is 13.8 Å². The van der Waals surface area contributed by atoms with Crippen molar-refractivity contribution >= 4 is 11.8 Å². The molecule has 1 rings (SSSR count). The van der Waals surface area contributed by atoms with E-state index in [-0.39, 0.29) is 6.10 Å². The van der Waals surface area contributed by atoms with Crippen LogP contribution < -0.4 is 10.6 Å². The zero-order valence-electron chi connectivity index (χ0n) is 9.45. The van der Waals surface area contributed by atoms with Gasteiger partial charge in [0.1, 0.15) is 5.82 Å². The van der Waals surface area contributed by atoms with Gasteiger partial charge < -0.3 is 15.4 Å². The van der Waals surface area contributed by atoms with Gasteiger partial charge in [-0.25, -0.2) is 4.98 Å². The van der Waals surface area contributed by atoms with Crippen molar-refractivity contribution in [3.8, 4) is 0 Å². The van der Waals surface area contributed by atoms with Gasteiger partial charge in [-0.2, -0.15) is 4.98 Å². The summed E-state index contributed by atoms with van der Waals surface area (Å²) in [6.07, 6.45) is 1.90. The Kier molecular flexibility index (Phi) is 4.83. The Bertz CT molecular complexity index is 293. The van der Waals surface area contributed by atoms with Gasteiger partial charge in [0.15, 0.2) is 0 Å². The molecule has 1 aromatic rings. The number of hydrogen-bond acceptors (Lipinski definition) is 5. The number of aromatic nitrogens is 2. The molecule has 0 bridgehead atoms. The fourth-order valence-electron chi connectivity index (χ4n) is 1.03. The zero-order valence-corrected chi connectivity index (χ0v) is 9.45. The van der Waals surface area contributed by atoms with E-state index in [2.05, 4.69) is 20.6 Å². The first-order chi connectivity index (χ1) is 7.26. The quantitative estimate of drug-likeness (QED) is 0.742. The van der Waals surface area contributed by atoms with E-state index in [0.717, 1.165) is 18.9 Å². The van der Waals surface area contributed by atoms with Gasteiger partial charge in [0.25, 0.3) is 0 Å². The number of nitrogens with one attached hydrogen (secondary N) is 2. The Morgan fingerprint density at radius 1 is 1.47 bits per heavy atom. The lowest BCUT2D eigenvalue weighted by molar-refractivity contribution is 0.128. The Balaban J connectivity index is 2.50. The second-order valence-corrected chi connectivity index (χ2v) is 3.22. The van der Waals surface area contributed by atoms with Crippen molar-refractivity contribution in [3.05, 3.63) is 12.3 Å². The molecule has 1 heterocycles. The number of methoxy groups -OCH3 is 1. The third-order valence-electron chi connectivity index (χ3n) is 1.96. The molecular weight excluding hydrogens is 192 g/mol. The van der Waals surface area contributed by atoms with E-state index < -0.39 is 0 Å². The van der Waals surface area contributed by atoms with Gasteiger partial charge in [-0.3, -0.25) is 0 Å². The monoisotopic (exact) mass is 210 g/mol. The maximum atomic E-state index is 5.13. The minimum absolute atomic E-state index is 0.169. The van der Waals surface area contributed by atoms with Gasteiger partial charge >= 0.3 is 0 Å². The van der Waals surface area contributed by atoms with Crippen LogP contribution in [0.15, 0.2) is 12.3 Å². The number of anilines is 2. The fraction of sp³-hybridized carbons (Fsp3) is 0.600. The number of rotatable bonds is 6. The molecule has 0 aromatic carbocycles. The van der Waals surface area contributed by atoms with Crippen molar-refractivity contribution in [2.45, 2.75) is 20.0 Å². The predicted octanol–water partition coefficient (Wildman–Crippen LogP) is 1.36. The van der Waals surface area contributed by atoms with Gasteiger partial charge in [0.2, 0.25) is 5.95 Å². The van der Waals surface area contributed by atoms with Crippen LogP contribution in [0.4, 0.5) is 11.8 Å². The highest BCUT2D eigenvalue weighted by Crippen LogP contribution is 2.05. The summed E-state index contributed by atoms with van der Waals surface area (Å²) in [5.74, 6) is 1.46. The maximum Gasteiger partial charge on any atom is 0.224 e. The molecule has 0 amide bonds. The highest BCUT2D eigenvalue weighted by Gasteiger charge is 2.00. The molecule has 2 N–H and O–H groups in total. The maximum absolute atomic E-state index is 5.13. The lowest BCUT2D eigenvalue weighted by atomic mass is 10.4. The number of hydrogen-bond donors (Lipinski definition) is 2. The molecule has 1 atom stereocenters. The van der Waals surface area contributed by atoms with E-state index in [1.54, 1.807) is 13.3 Å². The van der Waals surface area contributed by atoms with E-state index >= 15 is 0 Å². The van der Waals surface area contributed by atoms with Crippen molar-refractivity contribution in [3.63, 3.8) is 0 Å². The first-order valence-corrected chi connectivity index (χ1v) is 5.09. The topological polar surface area (TPSA) is 59.1 Å². The zero-order chi connectivity index (χ0) is 11.1. The van der Waals surface area contributed by atoms with Crippen LogP contribution in [0.3, 0.4) is 0 Å². The van der Waals surface area contributed by atoms with Crippen LogP contribution in [-0.2, 0) is 4.74 Å². The van der Waals surface area contributed by atoms with Crippen molar-refractivity contribution in [1.29, 1.82) is 0 Å². The molecule has 0 radical (unpaired) electrons. The Morgan fingerprint density at radius 3 is 2.93 bits per heavy atom. The average molecular weight is 210 g/mol. The molecule has 5 heteroatoms. The predicted molar refractivity (Wildman–Crippen MR) is 61.2 cm³/mol. The molecule has 0 aliphatic carbocycles. The average Bonchev–Trinajstić information content (AvgIpc) is 2.27. The highest BCUT2D eigenvalue weighted by atomic mass is 16.5. The van der Waals surface area contributed by atoms with Crippen LogP contribution in [-0.4, -0.2) is 36.3 Å². The lowest BCUT2D eigenvalue weighted by Crippen LogP contribution is -2.19. The summed E-state index contributed by atoms with van der Waals surface area (Å²) in [4.78, 5) is 8.36. The van der Waals surface area contributed by atoms with Crippen LogP contribution in [0.2, 0.25) is 0 Å².